The van der Waals surface area contributed by atoms with Crippen LogP contribution >= 0.6 is 0 Å². The number of hydrogen-bond acceptors (Lipinski definition) is 13. The Morgan fingerprint density at radius 3 is 1.57 bits per heavy atom. The number of carbonyl (C=O) groups is 1. The molecule has 0 saturated heterocycles. The number of anilines is 2. The van der Waals surface area contributed by atoms with Crippen molar-refractivity contribution in [3.63, 3.8) is 0 Å². The van der Waals surface area contributed by atoms with E-state index in [-0.39, 0.29) is 59.6 Å². The van der Waals surface area contributed by atoms with Crippen molar-refractivity contribution in [1.29, 1.82) is 0 Å². The number of hydrogen-bond donors (Lipinski definition) is 7. The Kier molecular flexibility index (Phi) is 13.2. The van der Waals surface area contributed by atoms with Crippen LogP contribution in [-0.2, 0) is 67.3 Å². The fourth-order valence-corrected chi connectivity index (χ4v) is 12.0. The molecular weight excluding hydrogens is 979 g/mol. The van der Waals surface area contributed by atoms with E-state index in [1.807, 2.05) is 18.7 Å². The van der Waals surface area contributed by atoms with Gasteiger partial charge in [-0.3, -0.25) is 27.6 Å². The molecule has 0 bridgehead atoms. The average molecular weight is 1030 g/mol. The van der Waals surface area contributed by atoms with Gasteiger partial charge in [-0.2, -0.15) is 42.1 Å². The number of carboxylic acids is 1. The molecule has 3 aromatic carbocycles. The zero-order valence-electron chi connectivity index (χ0n) is 37.3. The molecule has 20 nitrogen and oxygen atoms in total. The summed E-state index contributed by atoms with van der Waals surface area (Å²) >= 11 is 0. The van der Waals surface area contributed by atoms with Crippen LogP contribution in [-0.4, -0.2) is 123 Å². The monoisotopic (exact) mass is 1030 g/mol. The first kappa shape index (κ1) is 51.8. The summed E-state index contributed by atoms with van der Waals surface area (Å²) < 4.78 is 175. The molecule has 6 rings (SSSR count). The Morgan fingerprint density at radius 1 is 0.657 bits per heavy atom. The van der Waals surface area contributed by atoms with Gasteiger partial charge in [0.15, 0.2) is 6.54 Å². The van der Waals surface area contributed by atoms with Crippen molar-refractivity contribution in [3.8, 4) is 0 Å². The summed E-state index contributed by atoms with van der Waals surface area (Å²) in [7, 11) is -24.1. The Hall–Kier alpha value is -4.57. The van der Waals surface area contributed by atoms with Gasteiger partial charge >= 0.3 is 5.97 Å². The highest BCUT2D eigenvalue weighted by atomic mass is 32.2. The molecule has 0 spiro atoms. The van der Waals surface area contributed by atoms with Gasteiger partial charge in [-0.1, -0.05) is 32.1 Å². The van der Waals surface area contributed by atoms with E-state index in [2.05, 4.69) is 4.99 Å². The first-order chi connectivity index (χ1) is 30.3. The fourth-order valence-electron chi connectivity index (χ4n) is 9.16. The molecule has 1 atom stereocenters. The van der Waals surface area contributed by atoms with Crippen LogP contribution in [0.2, 0.25) is 0 Å². The molecule has 0 saturated carbocycles. The van der Waals surface area contributed by atoms with Crippen LogP contribution in [0.4, 0.5) is 11.4 Å². The van der Waals surface area contributed by atoms with Gasteiger partial charge in [0.1, 0.15) is 21.7 Å². The second-order valence-corrected chi connectivity index (χ2v) is 26.1. The zero-order valence-corrected chi connectivity index (χ0v) is 41.4. The van der Waals surface area contributed by atoms with Gasteiger partial charge in [0.2, 0.25) is 5.71 Å². The molecule has 0 amide bonds. The maximum Gasteiger partial charge on any atom is 0.303 e. The van der Waals surface area contributed by atoms with Crippen molar-refractivity contribution in [2.24, 2.45) is 0 Å². The molecule has 2 heterocycles. The predicted octanol–water partition coefficient (Wildman–Crippen LogP) is 2.82. The van der Waals surface area contributed by atoms with Gasteiger partial charge in [0, 0.05) is 47.4 Å². The van der Waals surface area contributed by atoms with E-state index in [1.54, 1.807) is 62.9 Å². The lowest BCUT2D eigenvalue weighted by atomic mass is 9.66. The number of carboxylic acid groups (broad SMARTS) is 1. The molecule has 0 aromatic heterocycles. The molecule has 0 fully saturated rings. The van der Waals surface area contributed by atoms with Gasteiger partial charge in [0.25, 0.3) is 50.6 Å². The van der Waals surface area contributed by atoms with Crippen molar-refractivity contribution >= 4 is 84.8 Å². The lowest BCUT2D eigenvalue weighted by molar-refractivity contribution is -0.454. The van der Waals surface area contributed by atoms with Gasteiger partial charge in [-0.05, 0) is 105 Å². The number of fused-ring (bicyclic) bond motifs is 4. The van der Waals surface area contributed by atoms with Crippen LogP contribution in [0.25, 0.3) is 11.1 Å². The standard InChI is InChI=1S/C42H51N3O17S5/c1-24(65(54,55)56)20-43-39-31-14-29-26(22-63(48,49)50)18-40(2,3)44(12-8-9-38(46)47)35(29)16-33(31)42(6,7)34-17-36-30(15-32(34)39)27(23-64(51,52)53)19-41(4,5)45(36)21-25-10-11-28(66(57,58)59)13-37(25)67(60,61)62/h10-11,13-19,24H,8-9,12,20-23H2,1-7H3,(H,46,47)(H,48,49,50)(H,51,52,53)(H,54,55,56)(H,57,58,59)(H,60,61,62)/p+1. The van der Waals surface area contributed by atoms with E-state index in [1.165, 1.54) is 13.0 Å². The lowest BCUT2D eigenvalue weighted by Gasteiger charge is -2.46. The van der Waals surface area contributed by atoms with Crippen molar-refractivity contribution in [3.05, 3.63) is 93.6 Å². The third-order valence-electron chi connectivity index (χ3n) is 12.3. The second-order valence-electron chi connectivity index (χ2n) is 18.6. The topological polar surface area (TPSA) is 330 Å². The van der Waals surface area contributed by atoms with Crippen molar-refractivity contribution in [2.75, 3.05) is 34.4 Å². The third kappa shape index (κ3) is 10.8. The van der Waals surface area contributed by atoms with Crippen LogP contribution in [0.3, 0.4) is 0 Å². The molecule has 67 heavy (non-hydrogen) atoms. The summed E-state index contributed by atoms with van der Waals surface area (Å²) in [5, 5.41) is 8.10. The first-order valence-corrected chi connectivity index (χ1v) is 28.1. The Bertz CT molecular complexity index is 3280. The SMILES string of the molecule is CC(C[NH+]=C1c2cc3c(cc2C(C)(C)c2cc4c(cc21)C(CS(=O)(=O)O)=CC(C)(C)N4Cc1ccc(S(=O)(=O)O)cc1S(=O)(=O)O)N(CCCC(=O)O)C(C)(C)C=C3CS(=O)(=O)O)S(=O)(=O)O. The number of nitrogens with one attached hydrogen (secondary N) is 1. The summed E-state index contributed by atoms with van der Waals surface area (Å²) in [6.07, 6.45) is 3.15. The Labute approximate surface area is 389 Å². The Balaban J connectivity index is 1.70. The molecule has 1 aliphatic carbocycles. The minimum Gasteiger partial charge on any atom is -0.481 e. The highest BCUT2D eigenvalue weighted by Gasteiger charge is 2.45. The largest absolute Gasteiger partial charge is 0.481 e. The first-order valence-electron chi connectivity index (χ1n) is 20.5. The van der Waals surface area contributed by atoms with Gasteiger partial charge < -0.3 is 14.9 Å². The Morgan fingerprint density at radius 2 is 1.13 bits per heavy atom. The fraction of sp³-hybridized carbons (Fsp3) is 0.429. The minimum atomic E-state index is -5.15. The highest BCUT2D eigenvalue weighted by Crippen LogP contribution is 2.51. The minimum absolute atomic E-state index is 0.0792. The smallest absolute Gasteiger partial charge is 0.303 e. The molecule has 25 heteroatoms. The molecule has 1 unspecified atom stereocenters. The zero-order chi connectivity index (χ0) is 50.4. The molecule has 366 valence electrons. The molecule has 3 aromatic rings. The summed E-state index contributed by atoms with van der Waals surface area (Å²) in [6.45, 7) is 11.2. The van der Waals surface area contributed by atoms with Crippen LogP contribution in [0.15, 0.2) is 64.4 Å². The van der Waals surface area contributed by atoms with Crippen LogP contribution in [0.5, 0.6) is 0 Å². The number of aliphatic carboxylic acids is 1. The summed E-state index contributed by atoms with van der Waals surface area (Å²) in [4.78, 5) is 16.6. The van der Waals surface area contributed by atoms with Crippen LogP contribution in [0.1, 0.15) is 100 Å². The highest BCUT2D eigenvalue weighted by molar-refractivity contribution is 7.87. The molecule has 7 N–H and O–H groups in total. The quantitative estimate of drug-likeness (QED) is 0.108. The molecule has 3 aliphatic rings. The summed E-state index contributed by atoms with van der Waals surface area (Å²) in [5.74, 6) is -2.76. The van der Waals surface area contributed by atoms with E-state index in [4.69, 9.17) is 0 Å². The molecule has 2 aliphatic heterocycles. The predicted molar refractivity (Wildman–Crippen MR) is 248 cm³/mol. The van der Waals surface area contributed by atoms with Crippen molar-refractivity contribution in [1.82, 2.24) is 0 Å². The van der Waals surface area contributed by atoms with Gasteiger partial charge in [-0.15, -0.1) is 0 Å². The van der Waals surface area contributed by atoms with E-state index < -0.39 is 106 Å². The van der Waals surface area contributed by atoms with Crippen LogP contribution in [0, 0.1) is 0 Å². The lowest BCUT2D eigenvalue weighted by Crippen LogP contribution is -2.77. The van der Waals surface area contributed by atoms with E-state index >= 15 is 0 Å². The van der Waals surface area contributed by atoms with E-state index in [9.17, 15) is 74.8 Å². The number of rotatable bonds is 15. The van der Waals surface area contributed by atoms with Crippen LogP contribution < -0.4 is 14.8 Å². The maximum absolute atomic E-state index is 12.7. The normalized spacial score (nSPS) is 18.8. The van der Waals surface area contributed by atoms with E-state index in [0.29, 0.717) is 39.6 Å². The molecule has 0 radical (unpaired) electrons. The third-order valence-corrected chi connectivity index (χ3v) is 16.7. The summed E-state index contributed by atoms with van der Waals surface area (Å²) in [6, 6.07) is 9.33. The number of benzene rings is 3. The molecular formula is C42H52N3O17S5+. The van der Waals surface area contributed by atoms with Crippen molar-refractivity contribution < 1.29 is 79.7 Å². The van der Waals surface area contributed by atoms with E-state index in [0.717, 1.165) is 12.1 Å². The van der Waals surface area contributed by atoms with Gasteiger partial charge in [-0.25, -0.2) is 4.99 Å². The number of nitrogens with zero attached hydrogens (tertiary/aromatic N) is 2. The summed E-state index contributed by atoms with van der Waals surface area (Å²) in [5.41, 5.74) is 0.186. The van der Waals surface area contributed by atoms with Gasteiger partial charge in [0.05, 0.1) is 27.1 Å². The second kappa shape index (κ2) is 17.1. The average Bonchev–Trinajstić information content (AvgIpc) is 3.14. The maximum atomic E-state index is 12.7. The van der Waals surface area contributed by atoms with Crippen molar-refractivity contribution in [2.45, 2.75) is 99.4 Å².